The summed E-state index contributed by atoms with van der Waals surface area (Å²) in [5.41, 5.74) is 1.61. The number of nitrogens with zero attached hydrogens (tertiary/aromatic N) is 3. The maximum Gasteiger partial charge on any atom is 0.261 e. The molecule has 3 aromatic rings. The number of hydrogen-bond acceptors (Lipinski definition) is 4. The first-order valence-electron chi connectivity index (χ1n) is 5.59. The Balaban J connectivity index is 2.08. The van der Waals surface area contributed by atoms with E-state index in [1.807, 2.05) is 30.5 Å². The summed E-state index contributed by atoms with van der Waals surface area (Å²) in [5, 5.41) is 3.62. The molecule has 0 amide bonds. The summed E-state index contributed by atoms with van der Waals surface area (Å²) in [6, 6.07) is 7.37. The average molecular weight is 257 g/mol. The molecular formula is C13H11N3OS. The van der Waals surface area contributed by atoms with Crippen molar-refractivity contribution in [1.82, 2.24) is 14.5 Å². The monoisotopic (exact) mass is 257 g/mol. The van der Waals surface area contributed by atoms with Crippen molar-refractivity contribution < 1.29 is 0 Å². The van der Waals surface area contributed by atoms with Crippen LogP contribution in [0.5, 0.6) is 0 Å². The number of thiazole rings is 1. The standard InChI is InChI=1S/C13H11N3OS/c1-9-15-10(7-18-9)6-16-8-14-12-5-3-2-4-11(12)13(16)17/h2-5,7-8H,6H2,1H3. The van der Waals surface area contributed by atoms with Gasteiger partial charge in [-0.05, 0) is 19.1 Å². The zero-order valence-corrected chi connectivity index (χ0v) is 10.6. The van der Waals surface area contributed by atoms with Crippen LogP contribution >= 0.6 is 11.3 Å². The van der Waals surface area contributed by atoms with Crippen LogP contribution < -0.4 is 5.56 Å². The molecule has 90 valence electrons. The lowest BCUT2D eigenvalue weighted by Crippen LogP contribution is -2.21. The van der Waals surface area contributed by atoms with E-state index < -0.39 is 0 Å². The quantitative estimate of drug-likeness (QED) is 0.707. The number of para-hydroxylation sites is 1. The Morgan fingerprint density at radius 3 is 2.94 bits per heavy atom. The first-order valence-corrected chi connectivity index (χ1v) is 6.47. The van der Waals surface area contributed by atoms with Gasteiger partial charge in [-0.3, -0.25) is 9.36 Å². The number of hydrogen-bond donors (Lipinski definition) is 0. The van der Waals surface area contributed by atoms with E-state index in [1.54, 1.807) is 28.3 Å². The van der Waals surface area contributed by atoms with Gasteiger partial charge in [-0.15, -0.1) is 11.3 Å². The van der Waals surface area contributed by atoms with Crippen LogP contribution in [0.2, 0.25) is 0 Å². The van der Waals surface area contributed by atoms with E-state index >= 15 is 0 Å². The van der Waals surface area contributed by atoms with E-state index in [0.29, 0.717) is 11.9 Å². The van der Waals surface area contributed by atoms with Gasteiger partial charge in [0.2, 0.25) is 0 Å². The van der Waals surface area contributed by atoms with E-state index in [9.17, 15) is 4.79 Å². The highest BCUT2D eigenvalue weighted by Crippen LogP contribution is 2.10. The second kappa shape index (κ2) is 4.34. The van der Waals surface area contributed by atoms with Crippen molar-refractivity contribution >= 4 is 22.2 Å². The van der Waals surface area contributed by atoms with Gasteiger partial charge in [0.1, 0.15) is 0 Å². The van der Waals surface area contributed by atoms with Crippen LogP contribution in [-0.4, -0.2) is 14.5 Å². The molecule has 0 saturated heterocycles. The molecule has 0 unspecified atom stereocenters. The predicted molar refractivity (Wildman–Crippen MR) is 72.0 cm³/mol. The van der Waals surface area contributed by atoms with Crippen molar-refractivity contribution in [2.24, 2.45) is 0 Å². The zero-order chi connectivity index (χ0) is 12.5. The number of rotatable bonds is 2. The Morgan fingerprint density at radius 1 is 1.33 bits per heavy atom. The van der Waals surface area contributed by atoms with Crippen LogP contribution in [0.15, 0.2) is 40.8 Å². The second-order valence-electron chi connectivity index (χ2n) is 4.05. The maximum atomic E-state index is 12.2. The molecule has 5 heteroatoms. The maximum absolute atomic E-state index is 12.2. The fourth-order valence-corrected chi connectivity index (χ4v) is 2.48. The van der Waals surface area contributed by atoms with E-state index in [4.69, 9.17) is 0 Å². The molecule has 18 heavy (non-hydrogen) atoms. The van der Waals surface area contributed by atoms with E-state index in [1.165, 1.54) is 0 Å². The first kappa shape index (κ1) is 11.1. The van der Waals surface area contributed by atoms with E-state index in [2.05, 4.69) is 9.97 Å². The molecule has 0 aliphatic carbocycles. The number of fused-ring (bicyclic) bond motifs is 1. The SMILES string of the molecule is Cc1nc(Cn2cnc3ccccc3c2=O)cs1. The normalized spacial score (nSPS) is 10.9. The highest BCUT2D eigenvalue weighted by molar-refractivity contribution is 7.09. The Kier molecular flexibility index (Phi) is 2.68. The summed E-state index contributed by atoms with van der Waals surface area (Å²) in [6.07, 6.45) is 1.58. The van der Waals surface area contributed by atoms with Gasteiger partial charge in [-0.25, -0.2) is 9.97 Å². The average Bonchev–Trinajstić information content (AvgIpc) is 2.79. The fraction of sp³-hybridized carbons (Fsp3) is 0.154. The van der Waals surface area contributed by atoms with Crippen LogP contribution in [-0.2, 0) is 6.54 Å². The summed E-state index contributed by atoms with van der Waals surface area (Å²) in [4.78, 5) is 20.9. The van der Waals surface area contributed by atoms with Gasteiger partial charge in [-0.2, -0.15) is 0 Å². The molecule has 0 spiro atoms. The van der Waals surface area contributed by atoms with E-state index in [-0.39, 0.29) is 5.56 Å². The Labute approximate surface area is 108 Å². The summed E-state index contributed by atoms with van der Waals surface area (Å²) >= 11 is 1.59. The lowest BCUT2D eigenvalue weighted by atomic mass is 10.2. The molecule has 0 saturated carbocycles. The molecular weight excluding hydrogens is 246 g/mol. The van der Waals surface area contributed by atoms with Gasteiger partial charge in [0.25, 0.3) is 5.56 Å². The lowest BCUT2D eigenvalue weighted by molar-refractivity contribution is 0.732. The fourth-order valence-electron chi connectivity index (χ4n) is 1.87. The third-order valence-electron chi connectivity index (χ3n) is 2.73. The molecule has 2 heterocycles. The van der Waals surface area contributed by atoms with Crippen LogP contribution in [0, 0.1) is 6.92 Å². The zero-order valence-electron chi connectivity index (χ0n) is 9.83. The molecule has 0 aliphatic rings. The van der Waals surface area contributed by atoms with Gasteiger partial charge in [0, 0.05) is 5.38 Å². The molecule has 0 radical (unpaired) electrons. The molecule has 1 aromatic carbocycles. The predicted octanol–water partition coefficient (Wildman–Crippen LogP) is 2.21. The van der Waals surface area contributed by atoms with Crippen molar-refractivity contribution in [3.05, 3.63) is 57.0 Å². The lowest BCUT2D eigenvalue weighted by Gasteiger charge is -2.04. The van der Waals surface area contributed by atoms with Crippen molar-refractivity contribution in [2.45, 2.75) is 13.5 Å². The van der Waals surface area contributed by atoms with Gasteiger partial charge >= 0.3 is 0 Å². The molecule has 2 aromatic heterocycles. The van der Waals surface area contributed by atoms with Crippen LogP contribution in [0.1, 0.15) is 10.7 Å². The summed E-state index contributed by atoms with van der Waals surface area (Å²) in [7, 11) is 0. The van der Waals surface area contributed by atoms with Crippen molar-refractivity contribution in [1.29, 1.82) is 0 Å². The largest absolute Gasteiger partial charge is 0.293 e. The van der Waals surface area contributed by atoms with Crippen molar-refractivity contribution in [3.8, 4) is 0 Å². The molecule has 4 nitrogen and oxygen atoms in total. The summed E-state index contributed by atoms with van der Waals surface area (Å²) in [6.45, 7) is 2.43. The summed E-state index contributed by atoms with van der Waals surface area (Å²) in [5.74, 6) is 0. The van der Waals surface area contributed by atoms with Gasteiger partial charge in [-0.1, -0.05) is 12.1 Å². The van der Waals surface area contributed by atoms with Gasteiger partial charge in [0.15, 0.2) is 0 Å². The topological polar surface area (TPSA) is 47.8 Å². The molecule has 0 N–H and O–H groups in total. The molecule has 0 bridgehead atoms. The minimum absolute atomic E-state index is 0.0220. The van der Waals surface area contributed by atoms with Crippen LogP contribution in [0.3, 0.4) is 0 Å². The van der Waals surface area contributed by atoms with E-state index in [0.717, 1.165) is 16.2 Å². The third-order valence-corrected chi connectivity index (χ3v) is 3.55. The molecule has 0 atom stereocenters. The first-order chi connectivity index (χ1) is 8.74. The Morgan fingerprint density at radius 2 is 2.17 bits per heavy atom. The molecule has 0 fully saturated rings. The second-order valence-corrected chi connectivity index (χ2v) is 5.11. The smallest absolute Gasteiger partial charge is 0.261 e. The van der Waals surface area contributed by atoms with Crippen LogP contribution in [0.25, 0.3) is 10.9 Å². The van der Waals surface area contributed by atoms with Crippen LogP contribution in [0.4, 0.5) is 0 Å². The molecule has 3 rings (SSSR count). The summed E-state index contributed by atoms with van der Waals surface area (Å²) < 4.78 is 1.59. The molecule has 0 aliphatic heterocycles. The van der Waals surface area contributed by atoms with Gasteiger partial charge in [0.05, 0.1) is 34.5 Å². The number of aromatic nitrogens is 3. The van der Waals surface area contributed by atoms with Crippen molar-refractivity contribution in [2.75, 3.05) is 0 Å². The number of benzene rings is 1. The van der Waals surface area contributed by atoms with Gasteiger partial charge < -0.3 is 0 Å². The minimum Gasteiger partial charge on any atom is -0.293 e. The third kappa shape index (κ3) is 1.93. The van der Waals surface area contributed by atoms with Crippen molar-refractivity contribution in [3.63, 3.8) is 0 Å². The Hall–Kier alpha value is -2.01. The Bertz CT molecular complexity index is 760. The highest BCUT2D eigenvalue weighted by atomic mass is 32.1. The number of aryl methyl sites for hydroxylation is 1. The highest BCUT2D eigenvalue weighted by Gasteiger charge is 2.05. The minimum atomic E-state index is -0.0220.